The van der Waals surface area contributed by atoms with Crippen LogP contribution in [-0.4, -0.2) is 34.0 Å². The summed E-state index contributed by atoms with van der Waals surface area (Å²) in [5.41, 5.74) is 0. The number of piperidine rings is 1. The molecule has 2 heterocycles. The van der Waals surface area contributed by atoms with Crippen molar-refractivity contribution >= 4 is 11.7 Å². The van der Waals surface area contributed by atoms with E-state index < -0.39 is 0 Å². The van der Waals surface area contributed by atoms with Crippen LogP contribution in [0.15, 0.2) is 0 Å². The molecule has 3 unspecified atom stereocenters. The summed E-state index contributed by atoms with van der Waals surface area (Å²) in [6.07, 6.45) is 3.68. The third kappa shape index (κ3) is 2.11. The monoisotopic (exact) mass is 255 g/mol. The van der Waals surface area contributed by atoms with E-state index >= 15 is 0 Å². The molecule has 6 heteroatoms. The predicted octanol–water partition coefficient (Wildman–Crippen LogP) is 1.46. The topological polar surface area (TPSA) is 56.3 Å². The molecule has 0 aromatic carbocycles. The fourth-order valence-electron chi connectivity index (χ4n) is 2.63. The van der Waals surface area contributed by atoms with E-state index in [9.17, 15) is 0 Å². The average Bonchev–Trinajstić information content (AvgIpc) is 3.05. The van der Waals surface area contributed by atoms with Gasteiger partial charge in [0.05, 0.1) is 18.3 Å². The Balaban J connectivity index is 1.66. The summed E-state index contributed by atoms with van der Waals surface area (Å²) in [4.78, 5) is 0. The number of hydrogen-bond acceptors (Lipinski definition) is 6. The van der Waals surface area contributed by atoms with Gasteiger partial charge in [-0.15, -0.1) is 8.75 Å². The number of fused-ring (bicyclic) bond motifs is 2. The van der Waals surface area contributed by atoms with Crippen LogP contribution in [0.1, 0.15) is 26.2 Å². The Kier molecular flexibility index (Phi) is 3.15. The summed E-state index contributed by atoms with van der Waals surface area (Å²) >= 11 is 1.15. The van der Waals surface area contributed by atoms with Crippen LogP contribution in [0.25, 0.3) is 0 Å². The Labute approximate surface area is 105 Å². The number of aromatic nitrogens is 2. The third-order valence-corrected chi connectivity index (χ3v) is 3.97. The van der Waals surface area contributed by atoms with Crippen molar-refractivity contribution in [3.63, 3.8) is 0 Å². The van der Waals surface area contributed by atoms with E-state index in [1.165, 1.54) is 12.8 Å². The highest BCUT2D eigenvalue weighted by Crippen LogP contribution is 2.36. The van der Waals surface area contributed by atoms with Crippen LogP contribution >= 0.6 is 11.7 Å². The summed E-state index contributed by atoms with van der Waals surface area (Å²) < 4.78 is 19.8. The number of nitrogens with zero attached hydrogens (tertiary/aromatic N) is 2. The Hall–Kier alpha value is -0.880. The van der Waals surface area contributed by atoms with Gasteiger partial charge in [0.15, 0.2) is 0 Å². The molecule has 3 atom stereocenters. The van der Waals surface area contributed by atoms with Crippen molar-refractivity contribution in [1.29, 1.82) is 0 Å². The van der Waals surface area contributed by atoms with Gasteiger partial charge in [-0.2, -0.15) is 0 Å². The van der Waals surface area contributed by atoms with Crippen LogP contribution in [0.5, 0.6) is 11.8 Å². The largest absolute Gasteiger partial charge is 0.473 e. The molecule has 1 saturated carbocycles. The van der Waals surface area contributed by atoms with Gasteiger partial charge in [0.2, 0.25) is 0 Å². The maximum Gasteiger partial charge on any atom is 0.291 e. The van der Waals surface area contributed by atoms with Gasteiger partial charge in [-0.1, -0.05) is 6.92 Å². The van der Waals surface area contributed by atoms with Crippen LogP contribution in [-0.2, 0) is 0 Å². The number of hydrogen-bond donors (Lipinski definition) is 1. The molecule has 1 N–H and O–H groups in total. The number of nitrogens with one attached hydrogen (secondary N) is 1. The zero-order chi connectivity index (χ0) is 11.7. The number of ether oxygens (including phenoxy) is 2. The summed E-state index contributed by atoms with van der Waals surface area (Å²) in [6.45, 7) is 3.80. The minimum Gasteiger partial charge on any atom is -0.473 e. The summed E-state index contributed by atoms with van der Waals surface area (Å²) in [6, 6.07) is 0.487. The first-order valence-corrected chi connectivity index (χ1v) is 6.97. The predicted molar refractivity (Wildman–Crippen MR) is 64.6 cm³/mol. The van der Waals surface area contributed by atoms with E-state index in [-0.39, 0.29) is 6.10 Å². The van der Waals surface area contributed by atoms with Gasteiger partial charge < -0.3 is 14.8 Å². The molecular formula is C11H17N3O2S. The van der Waals surface area contributed by atoms with Crippen LogP contribution in [0, 0.1) is 5.92 Å². The standard InChI is InChI=1S/C11H17N3O2S/c1-2-5-15-10-11(14-17-13-10)16-9-7-3-4-8(9)12-6-7/h7-9,12H,2-6H2,1H3. The molecule has 0 spiro atoms. The molecule has 2 aliphatic rings. The molecule has 1 aromatic heterocycles. The first-order chi connectivity index (χ1) is 8.38. The van der Waals surface area contributed by atoms with Crippen molar-refractivity contribution in [3.05, 3.63) is 0 Å². The van der Waals surface area contributed by atoms with Gasteiger partial charge in [0.1, 0.15) is 6.10 Å². The van der Waals surface area contributed by atoms with Crippen molar-refractivity contribution < 1.29 is 9.47 Å². The minimum absolute atomic E-state index is 0.253. The van der Waals surface area contributed by atoms with Crippen LogP contribution in [0.3, 0.4) is 0 Å². The van der Waals surface area contributed by atoms with Crippen molar-refractivity contribution in [2.45, 2.75) is 38.3 Å². The van der Waals surface area contributed by atoms with E-state index in [1.807, 2.05) is 0 Å². The molecule has 1 aliphatic carbocycles. The second-order valence-electron chi connectivity index (χ2n) is 4.66. The van der Waals surface area contributed by atoms with Gasteiger partial charge in [-0.3, -0.25) is 0 Å². The normalized spacial score (nSPS) is 30.8. The second-order valence-corrected chi connectivity index (χ2v) is 5.19. The molecular weight excluding hydrogens is 238 g/mol. The van der Waals surface area contributed by atoms with E-state index in [1.54, 1.807) is 0 Å². The highest BCUT2D eigenvalue weighted by Gasteiger charge is 2.44. The van der Waals surface area contributed by atoms with Crippen molar-refractivity contribution in [2.24, 2.45) is 5.92 Å². The zero-order valence-electron chi connectivity index (χ0n) is 9.89. The van der Waals surface area contributed by atoms with Gasteiger partial charge in [-0.05, 0) is 19.3 Å². The van der Waals surface area contributed by atoms with Crippen LogP contribution < -0.4 is 14.8 Å². The molecule has 5 nitrogen and oxygen atoms in total. The quantitative estimate of drug-likeness (QED) is 0.863. The lowest BCUT2D eigenvalue weighted by molar-refractivity contribution is 0.159. The molecule has 17 heavy (non-hydrogen) atoms. The Morgan fingerprint density at radius 1 is 1.35 bits per heavy atom. The van der Waals surface area contributed by atoms with E-state index in [0.717, 1.165) is 24.7 Å². The first kappa shape index (κ1) is 11.2. The Morgan fingerprint density at radius 2 is 2.24 bits per heavy atom. The molecule has 0 amide bonds. The molecule has 1 saturated heterocycles. The fraction of sp³-hybridized carbons (Fsp3) is 0.818. The van der Waals surface area contributed by atoms with Crippen molar-refractivity contribution in [3.8, 4) is 11.8 Å². The molecule has 2 bridgehead atoms. The zero-order valence-corrected chi connectivity index (χ0v) is 10.7. The summed E-state index contributed by atoms with van der Waals surface area (Å²) in [5, 5.41) is 3.47. The van der Waals surface area contributed by atoms with Crippen LogP contribution in [0.4, 0.5) is 0 Å². The molecule has 2 fully saturated rings. The number of rotatable bonds is 5. The van der Waals surface area contributed by atoms with Gasteiger partial charge in [0.25, 0.3) is 11.8 Å². The molecule has 1 aromatic rings. The van der Waals surface area contributed by atoms with Crippen molar-refractivity contribution in [1.82, 2.24) is 14.1 Å². The Bertz CT molecular complexity index is 365. The fourth-order valence-corrected chi connectivity index (χ4v) is 3.07. The first-order valence-electron chi connectivity index (χ1n) is 6.24. The Morgan fingerprint density at radius 3 is 2.88 bits per heavy atom. The second kappa shape index (κ2) is 4.78. The molecule has 0 radical (unpaired) electrons. The maximum atomic E-state index is 5.98. The molecule has 1 aliphatic heterocycles. The lowest BCUT2D eigenvalue weighted by atomic mass is 10.1. The van der Waals surface area contributed by atoms with E-state index in [4.69, 9.17) is 9.47 Å². The molecule has 3 rings (SSSR count). The maximum absolute atomic E-state index is 5.98. The van der Waals surface area contributed by atoms with Crippen LogP contribution in [0.2, 0.25) is 0 Å². The third-order valence-electron chi connectivity index (χ3n) is 3.47. The van der Waals surface area contributed by atoms with Gasteiger partial charge in [0, 0.05) is 18.5 Å². The average molecular weight is 255 g/mol. The van der Waals surface area contributed by atoms with E-state index in [2.05, 4.69) is 21.0 Å². The van der Waals surface area contributed by atoms with E-state index in [0.29, 0.717) is 30.3 Å². The SMILES string of the molecule is CCCOc1nsnc1OC1C2CCC1NC2. The molecule has 94 valence electrons. The van der Waals surface area contributed by atoms with Gasteiger partial charge in [-0.25, -0.2) is 0 Å². The summed E-state index contributed by atoms with van der Waals surface area (Å²) in [5.74, 6) is 1.76. The van der Waals surface area contributed by atoms with Crippen molar-refractivity contribution in [2.75, 3.05) is 13.2 Å². The minimum atomic E-state index is 0.253. The summed E-state index contributed by atoms with van der Waals surface area (Å²) in [7, 11) is 0. The lowest BCUT2D eigenvalue weighted by Crippen LogP contribution is -2.31. The lowest BCUT2D eigenvalue weighted by Gasteiger charge is -2.15. The highest BCUT2D eigenvalue weighted by molar-refractivity contribution is 6.99. The highest BCUT2D eigenvalue weighted by atomic mass is 32.1. The smallest absolute Gasteiger partial charge is 0.291 e. The van der Waals surface area contributed by atoms with Gasteiger partial charge >= 0.3 is 0 Å².